The van der Waals surface area contributed by atoms with Gasteiger partial charge in [-0.3, -0.25) is 4.79 Å². The van der Waals surface area contributed by atoms with Crippen molar-refractivity contribution in [3.8, 4) is 0 Å². The molecule has 1 saturated heterocycles. The van der Waals surface area contributed by atoms with Crippen molar-refractivity contribution in [3.05, 3.63) is 35.9 Å². The molecule has 1 amide bonds. The second kappa shape index (κ2) is 5.96. The molecule has 3 atom stereocenters. The lowest BCUT2D eigenvalue weighted by molar-refractivity contribution is -0.141. The fourth-order valence-electron chi connectivity index (χ4n) is 3.49. The molecule has 3 rings (SSSR count). The second-order valence-electron chi connectivity index (χ2n) is 6.02. The number of nitrogens with one attached hydrogen (secondary N) is 1. The van der Waals surface area contributed by atoms with E-state index in [-0.39, 0.29) is 18.9 Å². The number of benzene rings is 1. The van der Waals surface area contributed by atoms with E-state index in [0.29, 0.717) is 25.6 Å². The smallest absolute Gasteiger partial charge is 0.407 e. The Hall–Kier alpha value is -2.08. The first-order valence-corrected chi connectivity index (χ1v) is 7.37. The van der Waals surface area contributed by atoms with Gasteiger partial charge in [0.1, 0.15) is 6.61 Å². The summed E-state index contributed by atoms with van der Waals surface area (Å²) in [7, 11) is 0. The van der Waals surface area contributed by atoms with Crippen LogP contribution in [0.1, 0.15) is 18.4 Å². The molecule has 1 aromatic rings. The first kappa shape index (κ1) is 14.8. The summed E-state index contributed by atoms with van der Waals surface area (Å²) < 4.78 is 10.6. The summed E-state index contributed by atoms with van der Waals surface area (Å²) in [5, 5.41) is 11.9. The molecule has 118 valence electrons. The van der Waals surface area contributed by atoms with Crippen LogP contribution in [0.2, 0.25) is 0 Å². The topological polar surface area (TPSA) is 84.9 Å². The molecule has 6 heteroatoms. The maximum absolute atomic E-state index is 12.0. The van der Waals surface area contributed by atoms with E-state index in [1.165, 1.54) is 0 Å². The minimum Gasteiger partial charge on any atom is -0.481 e. The van der Waals surface area contributed by atoms with Gasteiger partial charge in [0, 0.05) is 12.5 Å². The van der Waals surface area contributed by atoms with E-state index in [9.17, 15) is 9.59 Å². The van der Waals surface area contributed by atoms with Gasteiger partial charge in [0.15, 0.2) is 0 Å². The number of hydrogen-bond donors (Lipinski definition) is 2. The molecule has 2 N–H and O–H groups in total. The number of rotatable bonds is 5. The Labute approximate surface area is 128 Å². The summed E-state index contributed by atoms with van der Waals surface area (Å²) in [6.07, 6.45) is -0.0435. The van der Waals surface area contributed by atoms with Crippen molar-refractivity contribution in [1.29, 1.82) is 0 Å². The number of alkyl carbamates (subject to hydrolysis) is 1. The number of amides is 1. The predicted octanol–water partition coefficient (Wildman–Crippen LogP) is 1.79. The number of carbonyl (C=O) groups is 2. The summed E-state index contributed by atoms with van der Waals surface area (Å²) in [6, 6.07) is 9.36. The van der Waals surface area contributed by atoms with E-state index >= 15 is 0 Å². The first-order chi connectivity index (χ1) is 10.6. The van der Waals surface area contributed by atoms with Gasteiger partial charge in [0.05, 0.1) is 18.6 Å². The van der Waals surface area contributed by atoms with Crippen LogP contribution in [0.4, 0.5) is 4.79 Å². The van der Waals surface area contributed by atoms with E-state index < -0.39 is 17.6 Å². The second-order valence-corrected chi connectivity index (χ2v) is 6.02. The van der Waals surface area contributed by atoms with Crippen LogP contribution in [0, 0.1) is 11.8 Å². The van der Waals surface area contributed by atoms with Crippen LogP contribution >= 0.6 is 0 Å². The molecule has 2 aliphatic rings. The van der Waals surface area contributed by atoms with Crippen LogP contribution in [-0.4, -0.2) is 35.9 Å². The van der Waals surface area contributed by atoms with Gasteiger partial charge in [-0.25, -0.2) is 4.79 Å². The number of carboxylic acids is 1. The average molecular weight is 305 g/mol. The Kier molecular flexibility index (Phi) is 4.02. The van der Waals surface area contributed by atoms with Crippen molar-refractivity contribution in [3.63, 3.8) is 0 Å². The largest absolute Gasteiger partial charge is 0.481 e. The van der Waals surface area contributed by atoms with Crippen LogP contribution in [0.3, 0.4) is 0 Å². The highest BCUT2D eigenvalue weighted by molar-refractivity contribution is 5.73. The lowest BCUT2D eigenvalue weighted by Crippen LogP contribution is -2.65. The van der Waals surface area contributed by atoms with E-state index in [1.54, 1.807) is 0 Å². The molecule has 2 fully saturated rings. The van der Waals surface area contributed by atoms with Crippen molar-refractivity contribution in [2.75, 3.05) is 13.2 Å². The molecule has 1 heterocycles. The van der Waals surface area contributed by atoms with Gasteiger partial charge >= 0.3 is 12.1 Å². The SMILES string of the molecule is O=C(O)CC1(NC(=O)OCc2ccccc2)C[C@H]2COC[C@H]21. The Bertz CT molecular complexity index is 561. The molecule has 1 saturated carbocycles. The number of ether oxygens (including phenoxy) is 2. The molecule has 0 aromatic heterocycles. The number of hydrogen-bond acceptors (Lipinski definition) is 4. The van der Waals surface area contributed by atoms with Gasteiger partial charge in [-0.2, -0.15) is 0 Å². The van der Waals surface area contributed by atoms with Crippen molar-refractivity contribution in [2.45, 2.75) is 25.0 Å². The maximum atomic E-state index is 12.0. The normalized spacial score (nSPS) is 29.3. The molecule has 0 spiro atoms. The zero-order valence-electron chi connectivity index (χ0n) is 12.2. The maximum Gasteiger partial charge on any atom is 0.407 e. The molecular weight excluding hydrogens is 286 g/mol. The summed E-state index contributed by atoms with van der Waals surface area (Å²) in [5.41, 5.74) is 0.154. The Morgan fingerprint density at radius 1 is 1.32 bits per heavy atom. The van der Waals surface area contributed by atoms with Gasteiger partial charge in [-0.1, -0.05) is 30.3 Å². The third kappa shape index (κ3) is 2.92. The number of fused-ring (bicyclic) bond motifs is 1. The molecule has 6 nitrogen and oxygen atoms in total. The minimum atomic E-state index is -0.922. The molecule has 1 aliphatic carbocycles. The molecule has 1 aromatic carbocycles. The highest BCUT2D eigenvalue weighted by Crippen LogP contribution is 2.49. The molecule has 0 bridgehead atoms. The fraction of sp³-hybridized carbons (Fsp3) is 0.500. The van der Waals surface area contributed by atoms with E-state index in [4.69, 9.17) is 14.6 Å². The predicted molar refractivity (Wildman–Crippen MR) is 77.2 cm³/mol. The third-order valence-corrected chi connectivity index (χ3v) is 4.57. The summed E-state index contributed by atoms with van der Waals surface area (Å²) >= 11 is 0. The monoisotopic (exact) mass is 305 g/mol. The zero-order valence-corrected chi connectivity index (χ0v) is 12.2. The quantitative estimate of drug-likeness (QED) is 0.866. The standard InChI is InChI=1S/C16H19NO5/c18-14(19)7-16(6-12-9-21-10-13(12)16)17-15(20)22-8-11-4-2-1-3-5-11/h1-5,12-13H,6-10H2,(H,17,20)(H,18,19)/t12-,13+,16?/m0/s1. The van der Waals surface area contributed by atoms with Gasteiger partial charge in [-0.15, -0.1) is 0 Å². The van der Waals surface area contributed by atoms with Crippen LogP contribution in [0.5, 0.6) is 0 Å². The van der Waals surface area contributed by atoms with Crippen molar-refractivity contribution in [1.82, 2.24) is 5.32 Å². The Morgan fingerprint density at radius 2 is 2.09 bits per heavy atom. The lowest BCUT2D eigenvalue weighted by Gasteiger charge is -2.50. The van der Waals surface area contributed by atoms with E-state index in [0.717, 1.165) is 5.56 Å². The number of carbonyl (C=O) groups excluding carboxylic acids is 1. The third-order valence-electron chi connectivity index (χ3n) is 4.57. The molecular formula is C16H19NO5. The zero-order chi connectivity index (χ0) is 15.6. The summed E-state index contributed by atoms with van der Waals surface area (Å²) in [4.78, 5) is 23.2. The van der Waals surface area contributed by atoms with Crippen LogP contribution in [0.25, 0.3) is 0 Å². The van der Waals surface area contributed by atoms with Crippen LogP contribution in [-0.2, 0) is 20.9 Å². The average Bonchev–Trinajstić information content (AvgIpc) is 2.88. The number of aliphatic carboxylic acids is 1. The van der Waals surface area contributed by atoms with Crippen molar-refractivity contribution >= 4 is 12.1 Å². The van der Waals surface area contributed by atoms with Crippen LogP contribution < -0.4 is 5.32 Å². The highest BCUT2D eigenvalue weighted by atomic mass is 16.5. The highest BCUT2D eigenvalue weighted by Gasteiger charge is 2.58. The number of carboxylic acid groups (broad SMARTS) is 1. The summed E-state index contributed by atoms with van der Waals surface area (Å²) in [5.74, 6) is -0.518. The molecule has 22 heavy (non-hydrogen) atoms. The summed E-state index contributed by atoms with van der Waals surface area (Å²) in [6.45, 7) is 1.31. The Balaban J connectivity index is 1.59. The molecule has 1 aliphatic heterocycles. The van der Waals surface area contributed by atoms with Gasteiger partial charge < -0.3 is 19.9 Å². The van der Waals surface area contributed by atoms with Crippen molar-refractivity contribution < 1.29 is 24.2 Å². The minimum absolute atomic E-state index is 0.0628. The van der Waals surface area contributed by atoms with E-state index in [1.807, 2.05) is 30.3 Å². The first-order valence-electron chi connectivity index (χ1n) is 7.37. The fourth-order valence-corrected chi connectivity index (χ4v) is 3.49. The van der Waals surface area contributed by atoms with Gasteiger partial charge in [0.2, 0.25) is 0 Å². The van der Waals surface area contributed by atoms with Gasteiger partial charge in [-0.05, 0) is 17.9 Å². The molecule has 1 unspecified atom stereocenters. The Morgan fingerprint density at radius 3 is 2.77 bits per heavy atom. The van der Waals surface area contributed by atoms with E-state index in [2.05, 4.69) is 5.32 Å². The van der Waals surface area contributed by atoms with Crippen molar-refractivity contribution in [2.24, 2.45) is 11.8 Å². The lowest BCUT2D eigenvalue weighted by atomic mass is 9.59. The van der Waals surface area contributed by atoms with Crippen LogP contribution in [0.15, 0.2) is 30.3 Å². The van der Waals surface area contributed by atoms with Gasteiger partial charge in [0.25, 0.3) is 0 Å². The molecule has 0 radical (unpaired) electrons.